The fourth-order valence-electron chi connectivity index (χ4n) is 1.87. The molecule has 1 aromatic carbocycles. The summed E-state index contributed by atoms with van der Waals surface area (Å²) in [5.41, 5.74) is -0.373. The second kappa shape index (κ2) is 5.88. The predicted molar refractivity (Wildman–Crippen MR) is 77.6 cm³/mol. The van der Waals surface area contributed by atoms with Gasteiger partial charge in [-0.2, -0.15) is 0 Å². The summed E-state index contributed by atoms with van der Waals surface area (Å²) in [6.07, 6.45) is 0. The molecule has 1 N–H and O–H groups in total. The molecule has 0 unspecified atom stereocenters. The molecule has 0 bridgehead atoms. The average molecular weight is 353 g/mol. The minimum Gasteiger partial charge on any atom is -0.477 e. The van der Waals surface area contributed by atoms with E-state index in [0.29, 0.717) is 5.56 Å². The molecule has 1 aromatic heterocycles. The molecule has 21 heavy (non-hydrogen) atoms. The third-order valence-corrected chi connectivity index (χ3v) is 3.77. The molecule has 8 heteroatoms. The summed E-state index contributed by atoms with van der Waals surface area (Å²) in [4.78, 5) is 33.3. The Morgan fingerprint density at radius 3 is 2.57 bits per heavy atom. The average Bonchev–Trinajstić information content (AvgIpc) is 2.42. The van der Waals surface area contributed by atoms with Crippen LogP contribution >= 0.6 is 15.9 Å². The Balaban J connectivity index is 2.54. The van der Waals surface area contributed by atoms with E-state index >= 15 is 0 Å². The molecule has 0 aliphatic heterocycles. The molecule has 7 nitrogen and oxygen atoms in total. The van der Waals surface area contributed by atoms with Crippen LogP contribution < -0.4 is 5.56 Å². The lowest BCUT2D eigenvalue weighted by molar-refractivity contribution is -0.385. The van der Waals surface area contributed by atoms with Gasteiger partial charge in [0.05, 0.1) is 11.5 Å². The Morgan fingerprint density at radius 2 is 1.95 bits per heavy atom. The summed E-state index contributed by atoms with van der Waals surface area (Å²) >= 11 is 3.12. The van der Waals surface area contributed by atoms with E-state index in [-0.39, 0.29) is 22.4 Å². The zero-order chi connectivity index (χ0) is 15.6. The zero-order valence-electron chi connectivity index (χ0n) is 10.5. The van der Waals surface area contributed by atoms with Gasteiger partial charge in [-0.1, -0.05) is 18.2 Å². The lowest BCUT2D eigenvalue weighted by atomic mass is 10.2. The number of benzene rings is 1. The molecule has 0 radical (unpaired) electrons. The predicted octanol–water partition coefficient (Wildman–Crippen LogP) is 2.27. The number of nitrogens with zero attached hydrogens (tertiary/aromatic N) is 2. The monoisotopic (exact) mass is 352 g/mol. The lowest BCUT2D eigenvalue weighted by Crippen LogP contribution is -2.25. The number of halogens is 1. The number of nitro benzene ring substituents is 1. The third kappa shape index (κ3) is 3.00. The van der Waals surface area contributed by atoms with Gasteiger partial charge in [0.25, 0.3) is 11.2 Å². The molecule has 108 valence electrons. The second-order valence-electron chi connectivity index (χ2n) is 4.15. The molecule has 2 rings (SSSR count). The molecule has 0 saturated carbocycles. The molecule has 0 aliphatic carbocycles. The summed E-state index contributed by atoms with van der Waals surface area (Å²) in [6.45, 7) is -0.0798. The van der Waals surface area contributed by atoms with Crippen molar-refractivity contribution in [2.75, 3.05) is 0 Å². The largest absolute Gasteiger partial charge is 0.477 e. The third-order valence-electron chi connectivity index (χ3n) is 2.85. The second-order valence-corrected chi connectivity index (χ2v) is 4.94. The van der Waals surface area contributed by atoms with Crippen LogP contribution in [-0.2, 0) is 6.54 Å². The van der Waals surface area contributed by atoms with E-state index in [9.17, 15) is 19.7 Å². The fourth-order valence-corrected chi connectivity index (χ4v) is 2.40. The maximum atomic E-state index is 11.8. The molecule has 1 heterocycles. The van der Waals surface area contributed by atoms with Crippen molar-refractivity contribution in [1.82, 2.24) is 4.57 Å². The summed E-state index contributed by atoms with van der Waals surface area (Å²) in [7, 11) is 0. The first-order chi connectivity index (χ1) is 9.91. The molecule has 0 amide bonds. The normalized spacial score (nSPS) is 10.3. The van der Waals surface area contributed by atoms with Gasteiger partial charge in [-0.05, 0) is 27.6 Å². The highest BCUT2D eigenvalue weighted by molar-refractivity contribution is 9.10. The number of aromatic nitrogens is 1. The number of carbonyl (C=O) groups is 1. The van der Waals surface area contributed by atoms with Crippen molar-refractivity contribution in [1.29, 1.82) is 0 Å². The number of carboxylic acids is 1. The van der Waals surface area contributed by atoms with Crippen LogP contribution in [0.15, 0.2) is 45.7 Å². The van der Waals surface area contributed by atoms with E-state index in [1.807, 2.05) is 0 Å². The molecule has 0 atom stereocenters. The maximum Gasteiger partial charge on any atom is 0.352 e. The molecule has 0 spiro atoms. The number of hydrogen-bond donors (Lipinski definition) is 1. The van der Waals surface area contributed by atoms with Crippen LogP contribution in [0.25, 0.3) is 0 Å². The molecule has 2 aromatic rings. The Morgan fingerprint density at radius 1 is 1.29 bits per heavy atom. The van der Waals surface area contributed by atoms with E-state index in [1.165, 1.54) is 30.3 Å². The topological polar surface area (TPSA) is 102 Å². The van der Waals surface area contributed by atoms with Crippen LogP contribution in [0.1, 0.15) is 16.1 Å². The molecular formula is C13H9BrN2O5. The standard InChI is InChI=1S/C13H9BrN2O5/c14-12-8(3-1-4-9(12)16(20)21)7-15-10(13(18)19)5-2-6-11(15)17/h1-6H,7H2,(H,18,19). The van der Waals surface area contributed by atoms with Gasteiger partial charge >= 0.3 is 5.97 Å². The van der Waals surface area contributed by atoms with Gasteiger partial charge in [-0.25, -0.2) is 4.79 Å². The summed E-state index contributed by atoms with van der Waals surface area (Å²) in [5, 5.41) is 20.0. The van der Waals surface area contributed by atoms with E-state index in [4.69, 9.17) is 5.11 Å². The van der Waals surface area contributed by atoms with Gasteiger partial charge in [-0.3, -0.25) is 19.5 Å². The summed E-state index contributed by atoms with van der Waals surface area (Å²) in [6, 6.07) is 8.27. The maximum absolute atomic E-state index is 11.8. The van der Waals surface area contributed by atoms with Crippen molar-refractivity contribution >= 4 is 27.6 Å². The van der Waals surface area contributed by atoms with E-state index in [0.717, 1.165) is 4.57 Å². The van der Waals surface area contributed by atoms with Gasteiger partial charge in [-0.15, -0.1) is 0 Å². The molecule has 0 saturated heterocycles. The quantitative estimate of drug-likeness (QED) is 0.671. The first kappa shape index (κ1) is 14.9. The summed E-state index contributed by atoms with van der Waals surface area (Å²) < 4.78 is 1.27. The van der Waals surface area contributed by atoms with Crippen LogP contribution in [0.5, 0.6) is 0 Å². The van der Waals surface area contributed by atoms with Crippen LogP contribution in [0.3, 0.4) is 0 Å². The van der Waals surface area contributed by atoms with Gasteiger partial charge in [0.15, 0.2) is 0 Å². The fraction of sp³-hybridized carbons (Fsp3) is 0.0769. The van der Waals surface area contributed by atoms with Crippen LogP contribution in [-0.4, -0.2) is 20.6 Å². The number of pyridine rings is 1. The highest BCUT2D eigenvalue weighted by Crippen LogP contribution is 2.28. The number of carboxylic acid groups (broad SMARTS) is 1. The first-order valence-electron chi connectivity index (χ1n) is 5.76. The van der Waals surface area contributed by atoms with Crippen LogP contribution in [0.2, 0.25) is 0 Å². The zero-order valence-corrected chi connectivity index (χ0v) is 12.1. The molecule has 0 fully saturated rings. The van der Waals surface area contributed by atoms with Crippen molar-refractivity contribution in [3.05, 3.63) is 72.6 Å². The van der Waals surface area contributed by atoms with Crippen LogP contribution in [0.4, 0.5) is 5.69 Å². The Hall–Kier alpha value is -2.48. The smallest absolute Gasteiger partial charge is 0.352 e. The lowest BCUT2D eigenvalue weighted by Gasteiger charge is -2.10. The number of rotatable bonds is 4. The Kier molecular flexibility index (Phi) is 4.18. The first-order valence-corrected chi connectivity index (χ1v) is 6.56. The number of nitro groups is 1. The molecule has 0 aliphatic rings. The summed E-state index contributed by atoms with van der Waals surface area (Å²) in [5.74, 6) is -1.24. The molecular weight excluding hydrogens is 344 g/mol. The van der Waals surface area contributed by atoms with Crippen molar-refractivity contribution in [2.45, 2.75) is 6.54 Å². The number of aromatic carboxylic acids is 1. The van der Waals surface area contributed by atoms with Gasteiger partial charge in [0.1, 0.15) is 10.2 Å². The van der Waals surface area contributed by atoms with E-state index in [2.05, 4.69) is 15.9 Å². The van der Waals surface area contributed by atoms with Crippen molar-refractivity contribution < 1.29 is 14.8 Å². The minimum atomic E-state index is -1.24. The van der Waals surface area contributed by atoms with Crippen molar-refractivity contribution in [3.63, 3.8) is 0 Å². The van der Waals surface area contributed by atoms with Gasteiger partial charge in [0.2, 0.25) is 0 Å². The van der Waals surface area contributed by atoms with Gasteiger partial charge in [0, 0.05) is 12.1 Å². The van der Waals surface area contributed by atoms with E-state index in [1.54, 1.807) is 6.07 Å². The highest BCUT2D eigenvalue weighted by atomic mass is 79.9. The Bertz CT molecular complexity index is 784. The minimum absolute atomic E-state index is 0.0798. The van der Waals surface area contributed by atoms with E-state index < -0.39 is 16.5 Å². The van der Waals surface area contributed by atoms with Crippen molar-refractivity contribution in [3.8, 4) is 0 Å². The van der Waals surface area contributed by atoms with Gasteiger partial charge < -0.3 is 5.11 Å². The number of hydrogen-bond acceptors (Lipinski definition) is 4. The van der Waals surface area contributed by atoms with Crippen molar-refractivity contribution in [2.24, 2.45) is 0 Å². The van der Waals surface area contributed by atoms with Crippen LogP contribution in [0, 0.1) is 10.1 Å². The SMILES string of the molecule is O=C(O)c1cccc(=O)n1Cc1cccc([N+](=O)[O-])c1Br. The highest BCUT2D eigenvalue weighted by Gasteiger charge is 2.17. The Labute approximate surface area is 126 Å².